The van der Waals surface area contributed by atoms with Gasteiger partial charge in [0.2, 0.25) is 0 Å². The van der Waals surface area contributed by atoms with Crippen molar-refractivity contribution in [1.29, 1.82) is 0 Å². The molecule has 3 atom stereocenters. The lowest BCUT2D eigenvalue weighted by Gasteiger charge is -2.45. The van der Waals surface area contributed by atoms with Crippen molar-refractivity contribution in [1.82, 2.24) is 0 Å². The predicted molar refractivity (Wildman–Crippen MR) is 68.2 cm³/mol. The first kappa shape index (κ1) is 12.2. The number of aliphatic hydroxyl groups excluding tert-OH is 1. The topological polar surface area (TPSA) is 20.2 Å². The standard InChI is InChI=1S/C15H26O/c1-6-10-9-11-13(15(10,4)5)12(16)7-8-14(11,2)3/h9-10,12-13,16H,6-8H2,1-5H3/t10-,12-,13?/m0/s1. The summed E-state index contributed by atoms with van der Waals surface area (Å²) in [7, 11) is 0. The van der Waals surface area contributed by atoms with Gasteiger partial charge in [-0.25, -0.2) is 0 Å². The number of rotatable bonds is 1. The molecule has 0 heterocycles. The Morgan fingerprint density at radius 1 is 1.31 bits per heavy atom. The SMILES string of the molecule is CC[C@H]1C=C2C([C@@H](O)CCC2(C)C)C1(C)C. The minimum Gasteiger partial charge on any atom is -0.392 e. The van der Waals surface area contributed by atoms with Crippen LogP contribution in [-0.2, 0) is 0 Å². The van der Waals surface area contributed by atoms with Crippen molar-refractivity contribution in [2.75, 3.05) is 0 Å². The van der Waals surface area contributed by atoms with Crippen LogP contribution in [-0.4, -0.2) is 11.2 Å². The van der Waals surface area contributed by atoms with Crippen LogP contribution in [0.1, 0.15) is 53.9 Å². The van der Waals surface area contributed by atoms with Crippen molar-refractivity contribution in [2.45, 2.75) is 60.0 Å². The van der Waals surface area contributed by atoms with E-state index in [1.165, 1.54) is 12.0 Å². The lowest BCUT2D eigenvalue weighted by Crippen LogP contribution is -2.42. The zero-order valence-corrected chi connectivity index (χ0v) is 11.4. The van der Waals surface area contributed by atoms with Gasteiger partial charge in [-0.1, -0.05) is 46.3 Å². The summed E-state index contributed by atoms with van der Waals surface area (Å²) in [6, 6.07) is 0. The van der Waals surface area contributed by atoms with Crippen LogP contribution in [0.2, 0.25) is 0 Å². The molecule has 1 heteroatoms. The second-order valence-electron chi connectivity index (χ2n) is 6.93. The minimum absolute atomic E-state index is 0.120. The fraction of sp³-hybridized carbons (Fsp3) is 0.867. The van der Waals surface area contributed by atoms with Crippen LogP contribution < -0.4 is 0 Å². The van der Waals surface area contributed by atoms with Gasteiger partial charge in [0.15, 0.2) is 0 Å². The van der Waals surface area contributed by atoms with Gasteiger partial charge in [-0.15, -0.1) is 0 Å². The van der Waals surface area contributed by atoms with Crippen LogP contribution >= 0.6 is 0 Å². The van der Waals surface area contributed by atoms with E-state index in [2.05, 4.69) is 40.7 Å². The van der Waals surface area contributed by atoms with Crippen LogP contribution in [0.15, 0.2) is 11.6 Å². The molecule has 0 aliphatic heterocycles. The van der Waals surface area contributed by atoms with E-state index in [1.807, 2.05) is 0 Å². The fourth-order valence-corrected chi connectivity index (χ4v) is 3.98. The minimum atomic E-state index is -0.120. The number of fused-ring (bicyclic) bond motifs is 1. The second-order valence-corrected chi connectivity index (χ2v) is 6.93. The average molecular weight is 222 g/mol. The van der Waals surface area contributed by atoms with Crippen molar-refractivity contribution in [3.05, 3.63) is 11.6 Å². The van der Waals surface area contributed by atoms with E-state index in [9.17, 15) is 5.11 Å². The van der Waals surface area contributed by atoms with Crippen LogP contribution in [0.25, 0.3) is 0 Å². The van der Waals surface area contributed by atoms with E-state index in [1.54, 1.807) is 0 Å². The molecule has 2 rings (SSSR count). The Morgan fingerprint density at radius 3 is 2.44 bits per heavy atom. The highest BCUT2D eigenvalue weighted by Crippen LogP contribution is 2.58. The van der Waals surface area contributed by atoms with Gasteiger partial charge in [-0.3, -0.25) is 0 Å². The molecule has 0 bridgehead atoms. The largest absolute Gasteiger partial charge is 0.392 e. The molecule has 1 fully saturated rings. The van der Waals surface area contributed by atoms with Crippen molar-refractivity contribution < 1.29 is 5.11 Å². The average Bonchev–Trinajstić information content (AvgIpc) is 2.46. The molecule has 1 N–H and O–H groups in total. The lowest BCUT2D eigenvalue weighted by molar-refractivity contribution is 0.00604. The zero-order valence-electron chi connectivity index (χ0n) is 11.4. The Morgan fingerprint density at radius 2 is 1.94 bits per heavy atom. The molecule has 0 radical (unpaired) electrons. The number of aliphatic hydroxyl groups is 1. The van der Waals surface area contributed by atoms with E-state index in [0.717, 1.165) is 12.8 Å². The maximum Gasteiger partial charge on any atom is 0.0611 e. The van der Waals surface area contributed by atoms with E-state index < -0.39 is 0 Å². The van der Waals surface area contributed by atoms with Gasteiger partial charge < -0.3 is 5.11 Å². The Balaban J connectivity index is 2.42. The maximum absolute atomic E-state index is 10.3. The normalized spacial score (nSPS) is 40.4. The third-order valence-corrected chi connectivity index (χ3v) is 5.14. The molecule has 1 unspecified atom stereocenters. The first-order valence-corrected chi connectivity index (χ1v) is 6.71. The van der Waals surface area contributed by atoms with E-state index in [0.29, 0.717) is 17.3 Å². The molecule has 0 saturated heterocycles. The van der Waals surface area contributed by atoms with Crippen LogP contribution in [0.5, 0.6) is 0 Å². The molecule has 0 aromatic rings. The molecule has 0 spiro atoms. The molecule has 2 aliphatic carbocycles. The Kier molecular flexibility index (Phi) is 2.73. The summed E-state index contributed by atoms with van der Waals surface area (Å²) in [5, 5.41) is 10.3. The quantitative estimate of drug-likeness (QED) is 0.669. The molecular weight excluding hydrogens is 196 g/mol. The third-order valence-electron chi connectivity index (χ3n) is 5.14. The Bertz CT molecular complexity index is 311. The van der Waals surface area contributed by atoms with Gasteiger partial charge in [0, 0.05) is 5.92 Å². The molecule has 0 aromatic heterocycles. The zero-order chi connectivity index (χ0) is 12.1. The molecule has 2 aliphatic rings. The molecule has 1 saturated carbocycles. The molecular formula is C15H26O. The summed E-state index contributed by atoms with van der Waals surface area (Å²) in [6.07, 6.45) is 5.65. The predicted octanol–water partition coefficient (Wildman–Crippen LogP) is 3.78. The van der Waals surface area contributed by atoms with Crippen molar-refractivity contribution in [3.63, 3.8) is 0 Å². The number of hydrogen-bond acceptors (Lipinski definition) is 1. The summed E-state index contributed by atoms with van der Waals surface area (Å²) < 4.78 is 0. The van der Waals surface area contributed by atoms with Gasteiger partial charge in [0.25, 0.3) is 0 Å². The summed E-state index contributed by atoms with van der Waals surface area (Å²) in [6.45, 7) is 11.6. The first-order valence-electron chi connectivity index (χ1n) is 6.71. The van der Waals surface area contributed by atoms with Gasteiger partial charge in [0.1, 0.15) is 0 Å². The van der Waals surface area contributed by atoms with E-state index in [-0.39, 0.29) is 11.5 Å². The summed E-state index contributed by atoms with van der Waals surface area (Å²) in [5.41, 5.74) is 2.06. The number of hydrogen-bond donors (Lipinski definition) is 1. The second kappa shape index (κ2) is 3.60. The number of allylic oxidation sites excluding steroid dienone is 1. The highest BCUT2D eigenvalue weighted by Gasteiger charge is 2.52. The lowest BCUT2D eigenvalue weighted by atomic mass is 9.61. The van der Waals surface area contributed by atoms with Gasteiger partial charge >= 0.3 is 0 Å². The van der Waals surface area contributed by atoms with Gasteiger partial charge in [-0.2, -0.15) is 0 Å². The molecule has 1 nitrogen and oxygen atoms in total. The van der Waals surface area contributed by atoms with Crippen molar-refractivity contribution in [2.24, 2.45) is 22.7 Å². The third kappa shape index (κ3) is 1.55. The fourth-order valence-electron chi connectivity index (χ4n) is 3.98. The summed E-state index contributed by atoms with van der Waals surface area (Å²) in [5.74, 6) is 1.03. The van der Waals surface area contributed by atoms with Crippen LogP contribution in [0, 0.1) is 22.7 Å². The molecule has 16 heavy (non-hydrogen) atoms. The van der Waals surface area contributed by atoms with Crippen LogP contribution in [0.4, 0.5) is 0 Å². The van der Waals surface area contributed by atoms with Gasteiger partial charge in [0.05, 0.1) is 6.10 Å². The molecule has 0 amide bonds. The highest BCUT2D eigenvalue weighted by molar-refractivity contribution is 5.30. The van der Waals surface area contributed by atoms with Crippen molar-refractivity contribution >= 4 is 0 Å². The van der Waals surface area contributed by atoms with E-state index in [4.69, 9.17) is 0 Å². The van der Waals surface area contributed by atoms with E-state index >= 15 is 0 Å². The smallest absolute Gasteiger partial charge is 0.0611 e. The monoisotopic (exact) mass is 222 g/mol. The van der Waals surface area contributed by atoms with Crippen molar-refractivity contribution in [3.8, 4) is 0 Å². The highest BCUT2D eigenvalue weighted by atomic mass is 16.3. The first-order chi connectivity index (χ1) is 7.30. The molecule has 92 valence electrons. The van der Waals surface area contributed by atoms with Gasteiger partial charge in [-0.05, 0) is 36.0 Å². The van der Waals surface area contributed by atoms with Crippen LogP contribution in [0.3, 0.4) is 0 Å². The summed E-state index contributed by atoms with van der Waals surface area (Å²) >= 11 is 0. The summed E-state index contributed by atoms with van der Waals surface area (Å²) in [4.78, 5) is 0. The maximum atomic E-state index is 10.3. The Labute approximate surface area is 99.9 Å². The molecule has 0 aromatic carbocycles. The Hall–Kier alpha value is -0.300.